The Morgan fingerprint density at radius 3 is 2.34 bits per heavy atom. The van der Waals surface area contributed by atoms with Gasteiger partial charge in [0.2, 0.25) is 0 Å². The summed E-state index contributed by atoms with van der Waals surface area (Å²) in [5, 5.41) is 16.7. The van der Waals surface area contributed by atoms with Gasteiger partial charge in [0.15, 0.2) is 0 Å². The predicted octanol–water partition coefficient (Wildman–Crippen LogP) is 8.08. The second-order valence-electron chi connectivity index (χ2n) is 11.6. The topological polar surface area (TPSA) is 65.4 Å². The Morgan fingerprint density at radius 2 is 1.68 bits per heavy atom. The molecule has 0 spiro atoms. The van der Waals surface area contributed by atoms with Gasteiger partial charge in [0.05, 0.1) is 13.2 Å². The molecule has 0 fully saturated rings. The summed E-state index contributed by atoms with van der Waals surface area (Å²) >= 11 is 0. The van der Waals surface area contributed by atoms with Crippen molar-refractivity contribution in [1.29, 1.82) is 0 Å². The third-order valence-corrected chi connectivity index (χ3v) is 7.42. The molecule has 0 unspecified atom stereocenters. The van der Waals surface area contributed by atoms with Crippen molar-refractivity contribution in [2.75, 3.05) is 13.2 Å². The molecular weight excluding hydrogens is 510 g/mol. The van der Waals surface area contributed by atoms with Crippen LogP contribution in [0.3, 0.4) is 0 Å². The summed E-state index contributed by atoms with van der Waals surface area (Å²) in [4.78, 5) is 14.1. The minimum atomic E-state index is -0.982. The summed E-state index contributed by atoms with van der Waals surface area (Å²) < 4.78 is 5.64. The van der Waals surface area contributed by atoms with E-state index < -0.39 is 5.97 Å². The Morgan fingerprint density at radius 1 is 0.951 bits per heavy atom. The van der Waals surface area contributed by atoms with E-state index in [9.17, 15) is 9.90 Å². The molecule has 1 N–H and O–H groups in total. The number of hydrogen-bond donors (Lipinski definition) is 1. The third-order valence-electron chi connectivity index (χ3n) is 7.42. The monoisotopic (exact) mass is 553 g/mol. The van der Waals surface area contributed by atoms with Gasteiger partial charge in [-0.3, -0.25) is 0 Å². The third kappa shape index (κ3) is 7.37. The minimum absolute atomic E-state index is 0.134. The molecule has 0 saturated heterocycles. The van der Waals surface area contributed by atoms with Crippen molar-refractivity contribution >= 4 is 11.8 Å². The lowest BCUT2D eigenvalue weighted by Crippen LogP contribution is -2.28. The van der Waals surface area contributed by atoms with E-state index in [-0.39, 0.29) is 11.0 Å². The first-order valence-corrected chi connectivity index (χ1v) is 14.6. The number of carboxylic acids is 1. The molecule has 1 aliphatic heterocycles. The lowest BCUT2D eigenvalue weighted by Gasteiger charge is -2.23. The van der Waals surface area contributed by atoms with Crippen molar-refractivity contribution in [3.8, 4) is 16.9 Å². The molecule has 216 valence electrons. The second-order valence-corrected chi connectivity index (χ2v) is 11.6. The summed E-state index contributed by atoms with van der Waals surface area (Å²) in [6, 6.07) is 22.5. The van der Waals surface area contributed by atoms with E-state index in [0.29, 0.717) is 18.9 Å². The van der Waals surface area contributed by atoms with Gasteiger partial charge >= 0.3 is 5.97 Å². The maximum Gasteiger partial charge on any atom is 0.339 e. The van der Waals surface area contributed by atoms with E-state index in [4.69, 9.17) is 9.84 Å². The molecule has 6 nitrogen and oxygen atoms in total. The van der Waals surface area contributed by atoms with Crippen LogP contribution in [0.2, 0.25) is 0 Å². The van der Waals surface area contributed by atoms with Crippen molar-refractivity contribution in [1.82, 2.24) is 9.91 Å². The van der Waals surface area contributed by atoms with Crippen LogP contribution in [0.15, 0.2) is 84.2 Å². The number of amidine groups is 1. The van der Waals surface area contributed by atoms with Crippen molar-refractivity contribution in [2.45, 2.75) is 72.3 Å². The fourth-order valence-electron chi connectivity index (χ4n) is 5.07. The molecule has 1 aliphatic rings. The highest BCUT2D eigenvalue weighted by Crippen LogP contribution is 2.29. The van der Waals surface area contributed by atoms with Crippen molar-refractivity contribution < 1.29 is 14.6 Å². The molecule has 1 heterocycles. The van der Waals surface area contributed by atoms with Crippen LogP contribution in [0.1, 0.15) is 80.9 Å². The molecule has 41 heavy (non-hydrogen) atoms. The van der Waals surface area contributed by atoms with Crippen LogP contribution >= 0.6 is 0 Å². The van der Waals surface area contributed by atoms with Crippen LogP contribution in [0.5, 0.6) is 5.75 Å². The quantitative estimate of drug-likeness (QED) is 0.246. The first kappa shape index (κ1) is 29.9. The number of rotatable bonds is 12. The number of hydrazone groups is 1. The lowest BCUT2D eigenvalue weighted by atomic mass is 9.87. The Labute approximate surface area is 245 Å². The highest BCUT2D eigenvalue weighted by Gasteiger charge is 2.26. The van der Waals surface area contributed by atoms with Gasteiger partial charge in [-0.1, -0.05) is 88.9 Å². The molecule has 0 amide bonds. The normalized spacial score (nSPS) is 13.5. The lowest BCUT2D eigenvalue weighted by molar-refractivity contribution is 0.0692. The van der Waals surface area contributed by atoms with Crippen LogP contribution in [-0.2, 0) is 18.4 Å². The van der Waals surface area contributed by atoms with Gasteiger partial charge in [0, 0.05) is 13.0 Å². The molecule has 3 aromatic carbocycles. The zero-order valence-corrected chi connectivity index (χ0v) is 25.1. The summed E-state index contributed by atoms with van der Waals surface area (Å²) in [5.41, 5.74) is 5.94. The average Bonchev–Trinajstić information content (AvgIpc) is 3.25. The van der Waals surface area contributed by atoms with E-state index in [1.165, 1.54) is 16.7 Å². The molecular formula is C35H43N3O3. The Bertz CT molecular complexity index is 1400. The Balaban J connectivity index is 1.41. The van der Waals surface area contributed by atoms with E-state index in [1.807, 2.05) is 30.1 Å². The standard InChI is InChI=1S/C35H43N3O3/c1-7-21-41-32-20-17-29(23-31(32)34(39)40)28-13-9-11-26(22-28)12-10-14-33-36-38(25(3)37(33)8-2)24-27-15-18-30(19-16-27)35(4,5)6/h9,11,13,15-20,22-23H,3,7-8,10,12,14,21,24H2,1-2,4-6H3,(H,39,40). The number of hydrogen-bond acceptors (Lipinski definition) is 5. The van der Waals surface area contributed by atoms with Crippen LogP contribution in [-0.4, -0.2) is 40.0 Å². The van der Waals surface area contributed by atoms with Crippen molar-refractivity contribution in [2.24, 2.45) is 5.10 Å². The van der Waals surface area contributed by atoms with Crippen LogP contribution in [0.4, 0.5) is 0 Å². The first-order valence-electron chi connectivity index (χ1n) is 14.6. The summed E-state index contributed by atoms with van der Waals surface area (Å²) in [6.07, 6.45) is 3.52. The smallest absolute Gasteiger partial charge is 0.339 e. The molecule has 0 bridgehead atoms. The van der Waals surface area contributed by atoms with Crippen LogP contribution in [0.25, 0.3) is 11.1 Å². The van der Waals surface area contributed by atoms with E-state index >= 15 is 0 Å². The van der Waals surface area contributed by atoms with Gasteiger partial charge in [0.1, 0.15) is 23.0 Å². The second kappa shape index (κ2) is 13.1. The summed E-state index contributed by atoms with van der Waals surface area (Å²) in [5.74, 6) is 1.40. The predicted molar refractivity (Wildman–Crippen MR) is 167 cm³/mol. The highest BCUT2D eigenvalue weighted by atomic mass is 16.5. The van der Waals surface area contributed by atoms with Gasteiger partial charge in [0.25, 0.3) is 0 Å². The number of ether oxygens (including phenoxy) is 1. The van der Waals surface area contributed by atoms with Gasteiger partial charge in [-0.05, 0) is 71.6 Å². The zero-order chi connectivity index (χ0) is 29.6. The van der Waals surface area contributed by atoms with Gasteiger partial charge < -0.3 is 14.7 Å². The number of nitrogens with zero attached hydrogens (tertiary/aromatic N) is 3. The number of carboxylic acid groups (broad SMARTS) is 1. The molecule has 6 heteroatoms. The Hall–Kier alpha value is -4.06. The average molecular weight is 554 g/mol. The molecule has 3 aromatic rings. The van der Waals surface area contributed by atoms with E-state index in [2.05, 4.69) is 75.6 Å². The maximum absolute atomic E-state index is 11.8. The fourth-order valence-corrected chi connectivity index (χ4v) is 5.07. The number of benzene rings is 3. The number of carbonyl (C=O) groups is 1. The maximum atomic E-state index is 11.8. The van der Waals surface area contributed by atoms with Crippen LogP contribution < -0.4 is 4.74 Å². The molecule has 0 saturated carbocycles. The Kier molecular flexibility index (Phi) is 9.53. The van der Waals surface area contributed by atoms with Crippen molar-refractivity contribution in [3.63, 3.8) is 0 Å². The fraction of sp³-hybridized carbons (Fsp3) is 0.371. The summed E-state index contributed by atoms with van der Waals surface area (Å²) in [7, 11) is 0. The van der Waals surface area contributed by atoms with Gasteiger partial charge in [-0.25, -0.2) is 9.80 Å². The number of aromatic carboxylic acids is 1. The van der Waals surface area contributed by atoms with Gasteiger partial charge in [-0.2, -0.15) is 5.10 Å². The molecule has 0 radical (unpaired) electrons. The summed E-state index contributed by atoms with van der Waals surface area (Å²) in [6.45, 7) is 17.2. The highest BCUT2D eigenvalue weighted by molar-refractivity contribution is 5.92. The van der Waals surface area contributed by atoms with Gasteiger partial charge in [-0.15, -0.1) is 0 Å². The molecule has 0 aliphatic carbocycles. The molecule has 0 atom stereocenters. The van der Waals surface area contributed by atoms with E-state index in [1.54, 1.807) is 12.1 Å². The first-order chi connectivity index (χ1) is 19.6. The SMILES string of the molecule is C=C1N(Cc2ccc(C(C)(C)C)cc2)N=C(CCCc2cccc(-c3ccc(OCCC)c(C(=O)O)c3)c2)N1CC. The largest absolute Gasteiger partial charge is 0.493 e. The van der Waals surface area contributed by atoms with Crippen molar-refractivity contribution in [3.05, 3.63) is 101 Å². The minimum Gasteiger partial charge on any atom is -0.493 e. The van der Waals surface area contributed by atoms with Crippen LogP contribution in [0, 0.1) is 0 Å². The number of aryl methyl sites for hydroxylation is 1. The zero-order valence-electron chi connectivity index (χ0n) is 25.1. The van der Waals surface area contributed by atoms with E-state index in [0.717, 1.165) is 55.0 Å². The molecule has 4 rings (SSSR count). The molecule has 0 aromatic heterocycles.